The summed E-state index contributed by atoms with van der Waals surface area (Å²) in [4.78, 5) is 14.3. The summed E-state index contributed by atoms with van der Waals surface area (Å²) < 4.78 is 32.7. The fraction of sp³-hybridized carbons (Fsp3) is 0.118. The van der Waals surface area contributed by atoms with Crippen molar-refractivity contribution in [2.45, 2.75) is 11.8 Å². The molecule has 0 unspecified atom stereocenters. The maximum atomic E-state index is 12.5. The van der Waals surface area contributed by atoms with Crippen molar-refractivity contribution >= 4 is 32.2 Å². The predicted octanol–water partition coefficient (Wildman–Crippen LogP) is 3.92. The van der Waals surface area contributed by atoms with Gasteiger partial charge in [-0.1, -0.05) is 6.07 Å². The lowest BCUT2D eigenvalue weighted by molar-refractivity contribution is -0.385. The highest BCUT2D eigenvalue weighted by atomic mass is 32.2. The number of benzene rings is 2. The van der Waals surface area contributed by atoms with E-state index in [0.717, 1.165) is 28.7 Å². The van der Waals surface area contributed by atoms with E-state index in [0.29, 0.717) is 12.3 Å². The number of nitro benzene ring substituents is 1. The molecule has 0 bridgehead atoms. The lowest BCUT2D eigenvalue weighted by atomic mass is 10.2. The number of hydrogen-bond donors (Lipinski definition) is 1. The van der Waals surface area contributed by atoms with E-state index in [2.05, 4.69) is 9.71 Å². The lowest BCUT2D eigenvalue weighted by Gasteiger charge is -2.05. The van der Waals surface area contributed by atoms with E-state index >= 15 is 0 Å². The van der Waals surface area contributed by atoms with Crippen LogP contribution in [0.5, 0.6) is 5.75 Å². The minimum atomic E-state index is -3.98. The quantitative estimate of drug-likeness (QED) is 0.471. The molecule has 3 rings (SSSR count). The third-order valence-electron chi connectivity index (χ3n) is 3.53. The normalized spacial score (nSPS) is 11.1. The van der Waals surface area contributed by atoms with Gasteiger partial charge in [0.2, 0.25) is 0 Å². The zero-order chi connectivity index (χ0) is 19.4. The summed E-state index contributed by atoms with van der Waals surface area (Å²) >= 11 is 1.12. The van der Waals surface area contributed by atoms with Gasteiger partial charge in [0.1, 0.15) is 5.75 Å². The molecule has 1 heterocycles. The highest BCUT2D eigenvalue weighted by molar-refractivity contribution is 7.93. The summed E-state index contributed by atoms with van der Waals surface area (Å²) in [6.07, 6.45) is 0. The second kappa shape index (κ2) is 7.72. The molecule has 2 aromatic carbocycles. The van der Waals surface area contributed by atoms with Crippen LogP contribution in [0.3, 0.4) is 0 Å². The molecule has 10 heteroatoms. The van der Waals surface area contributed by atoms with Crippen molar-refractivity contribution in [3.8, 4) is 17.0 Å². The molecule has 0 amide bonds. The Morgan fingerprint density at radius 1 is 1.22 bits per heavy atom. The first-order valence-electron chi connectivity index (χ1n) is 7.85. The number of sulfonamides is 1. The van der Waals surface area contributed by atoms with Gasteiger partial charge in [0.05, 0.1) is 22.1 Å². The van der Waals surface area contributed by atoms with Crippen LogP contribution >= 0.6 is 11.3 Å². The van der Waals surface area contributed by atoms with Gasteiger partial charge in [0, 0.05) is 23.1 Å². The Labute approximate surface area is 159 Å². The molecule has 140 valence electrons. The summed E-state index contributed by atoms with van der Waals surface area (Å²) in [5.74, 6) is 0.739. The summed E-state index contributed by atoms with van der Waals surface area (Å²) in [6, 6.07) is 12.1. The zero-order valence-corrected chi connectivity index (χ0v) is 15.8. The standard InChI is InChI=1S/C17H15N3O5S2/c1-2-25-14-8-6-12(7-9-14)16-11-26-17(18-16)19-27(23,24)15-5-3-4-13(10-15)20(21)22/h3-11H,2H2,1H3,(H,18,19). The number of nitro groups is 1. The number of anilines is 1. The van der Waals surface area contributed by atoms with Gasteiger partial charge in [-0.15, -0.1) is 11.3 Å². The number of thiazole rings is 1. The molecule has 0 saturated carbocycles. The topological polar surface area (TPSA) is 111 Å². The maximum Gasteiger partial charge on any atom is 0.270 e. The monoisotopic (exact) mass is 405 g/mol. The Balaban J connectivity index is 1.80. The molecule has 0 fully saturated rings. The molecule has 0 saturated heterocycles. The minimum absolute atomic E-state index is 0.172. The Bertz CT molecular complexity index is 1060. The molecule has 3 aromatic rings. The van der Waals surface area contributed by atoms with E-state index in [1.165, 1.54) is 18.2 Å². The van der Waals surface area contributed by atoms with Crippen LogP contribution in [0.15, 0.2) is 58.8 Å². The van der Waals surface area contributed by atoms with Crippen molar-refractivity contribution in [1.29, 1.82) is 0 Å². The highest BCUT2D eigenvalue weighted by Gasteiger charge is 2.19. The van der Waals surface area contributed by atoms with E-state index in [9.17, 15) is 18.5 Å². The van der Waals surface area contributed by atoms with Crippen LogP contribution in [0.2, 0.25) is 0 Å². The van der Waals surface area contributed by atoms with Crippen molar-refractivity contribution in [3.63, 3.8) is 0 Å². The van der Waals surface area contributed by atoms with Gasteiger partial charge in [-0.25, -0.2) is 13.4 Å². The number of non-ortho nitro benzene ring substituents is 1. The molecule has 8 nitrogen and oxygen atoms in total. The van der Waals surface area contributed by atoms with Gasteiger partial charge in [-0.05, 0) is 37.3 Å². The first-order valence-corrected chi connectivity index (χ1v) is 10.2. The van der Waals surface area contributed by atoms with Crippen molar-refractivity contribution in [1.82, 2.24) is 4.98 Å². The average molecular weight is 405 g/mol. The predicted molar refractivity (Wildman–Crippen MR) is 103 cm³/mol. The molecule has 0 spiro atoms. The molecule has 1 aromatic heterocycles. The molecular weight excluding hydrogens is 390 g/mol. The zero-order valence-electron chi connectivity index (χ0n) is 14.2. The van der Waals surface area contributed by atoms with E-state index in [4.69, 9.17) is 4.74 Å². The molecule has 0 atom stereocenters. The van der Waals surface area contributed by atoms with Crippen LogP contribution in [0, 0.1) is 10.1 Å². The van der Waals surface area contributed by atoms with Crippen molar-refractivity contribution in [2.75, 3.05) is 11.3 Å². The van der Waals surface area contributed by atoms with Crippen molar-refractivity contribution in [3.05, 3.63) is 64.0 Å². The number of hydrogen-bond acceptors (Lipinski definition) is 7. The van der Waals surface area contributed by atoms with Crippen LogP contribution in [-0.4, -0.2) is 24.9 Å². The minimum Gasteiger partial charge on any atom is -0.494 e. The van der Waals surface area contributed by atoms with Crippen LogP contribution in [0.1, 0.15) is 6.92 Å². The number of aromatic nitrogens is 1. The van der Waals surface area contributed by atoms with Gasteiger partial charge in [0.15, 0.2) is 5.13 Å². The van der Waals surface area contributed by atoms with E-state index in [-0.39, 0.29) is 15.7 Å². The van der Waals surface area contributed by atoms with Gasteiger partial charge < -0.3 is 4.74 Å². The largest absolute Gasteiger partial charge is 0.494 e. The Hall–Kier alpha value is -2.98. The molecule has 0 aliphatic heterocycles. The third-order valence-corrected chi connectivity index (χ3v) is 5.75. The SMILES string of the molecule is CCOc1ccc(-c2csc(NS(=O)(=O)c3cccc([N+](=O)[O-])c3)n2)cc1. The molecule has 0 radical (unpaired) electrons. The van der Waals surface area contributed by atoms with E-state index < -0.39 is 14.9 Å². The van der Waals surface area contributed by atoms with Crippen molar-refractivity contribution < 1.29 is 18.1 Å². The summed E-state index contributed by atoms with van der Waals surface area (Å²) in [5.41, 5.74) is 1.13. The van der Waals surface area contributed by atoms with Gasteiger partial charge in [-0.3, -0.25) is 14.8 Å². The number of nitrogens with one attached hydrogen (secondary N) is 1. The maximum absolute atomic E-state index is 12.5. The molecule has 0 aliphatic rings. The van der Waals surface area contributed by atoms with Crippen LogP contribution in [-0.2, 0) is 10.0 Å². The van der Waals surface area contributed by atoms with Gasteiger partial charge in [0.25, 0.3) is 15.7 Å². The van der Waals surface area contributed by atoms with Crippen LogP contribution < -0.4 is 9.46 Å². The lowest BCUT2D eigenvalue weighted by Crippen LogP contribution is -2.13. The second-order valence-electron chi connectivity index (χ2n) is 5.36. The van der Waals surface area contributed by atoms with Crippen molar-refractivity contribution in [2.24, 2.45) is 0 Å². The van der Waals surface area contributed by atoms with Gasteiger partial charge in [-0.2, -0.15) is 0 Å². The summed E-state index contributed by atoms with van der Waals surface area (Å²) in [6.45, 7) is 2.47. The smallest absolute Gasteiger partial charge is 0.270 e. The first kappa shape index (κ1) is 18.8. The Morgan fingerprint density at radius 2 is 1.96 bits per heavy atom. The van der Waals surface area contributed by atoms with Gasteiger partial charge >= 0.3 is 0 Å². The van der Waals surface area contributed by atoms with Crippen LogP contribution in [0.25, 0.3) is 11.3 Å². The van der Waals surface area contributed by atoms with Crippen LogP contribution in [0.4, 0.5) is 10.8 Å². The number of nitrogens with zero attached hydrogens (tertiary/aromatic N) is 2. The molecular formula is C17H15N3O5S2. The third kappa shape index (κ3) is 4.41. The molecule has 1 N–H and O–H groups in total. The average Bonchev–Trinajstić information content (AvgIpc) is 3.10. The number of rotatable bonds is 7. The fourth-order valence-electron chi connectivity index (χ4n) is 2.28. The van der Waals surface area contributed by atoms with E-state index in [1.54, 1.807) is 5.38 Å². The number of ether oxygens (including phenoxy) is 1. The second-order valence-corrected chi connectivity index (χ2v) is 7.90. The Morgan fingerprint density at radius 3 is 2.63 bits per heavy atom. The summed E-state index contributed by atoms with van der Waals surface area (Å²) in [5, 5.41) is 12.7. The molecule has 27 heavy (non-hydrogen) atoms. The van der Waals surface area contributed by atoms with E-state index in [1.807, 2.05) is 31.2 Å². The first-order chi connectivity index (χ1) is 12.9. The highest BCUT2D eigenvalue weighted by Crippen LogP contribution is 2.28. The Kier molecular flexibility index (Phi) is 5.38. The molecule has 0 aliphatic carbocycles. The fourth-order valence-corrected chi connectivity index (χ4v) is 4.29. The summed E-state index contributed by atoms with van der Waals surface area (Å²) in [7, 11) is -3.98.